The first-order valence-corrected chi connectivity index (χ1v) is 10.4. The Labute approximate surface area is 145 Å². The first kappa shape index (κ1) is 18.3. The molecule has 0 heterocycles. The average Bonchev–Trinajstić information content (AvgIpc) is 2.59. The second-order valence-electron chi connectivity index (χ2n) is 6.18. The second kappa shape index (κ2) is 7.21. The molecule has 0 bridgehead atoms. The molecule has 1 N–H and O–H groups in total. The Morgan fingerprint density at radius 3 is 1.62 bits per heavy atom. The van der Waals surface area contributed by atoms with Crippen molar-refractivity contribution in [2.45, 2.75) is 5.60 Å². The summed E-state index contributed by atoms with van der Waals surface area (Å²) in [5, 5.41) is 14.9. The normalized spacial score (nSPS) is 12.1. The van der Waals surface area contributed by atoms with E-state index < -0.39 is 15.6 Å². The molecule has 0 aliphatic carbocycles. The molecule has 0 spiro atoms. The fourth-order valence-corrected chi connectivity index (χ4v) is 2.85. The summed E-state index contributed by atoms with van der Waals surface area (Å²) in [5.74, 6) is 4.27. The minimum absolute atomic E-state index is 0.587. The average molecular weight is 344 g/mol. The lowest BCUT2D eigenvalue weighted by Crippen LogP contribution is -2.27. The maximum Gasteiger partial charge on any atom is 0.184 e. The van der Waals surface area contributed by atoms with Crippen molar-refractivity contribution in [1.82, 2.24) is 0 Å². The lowest BCUT2D eigenvalue weighted by molar-refractivity contribution is 0.137. The van der Waals surface area contributed by atoms with Crippen LogP contribution in [-0.2, 0) is 5.60 Å². The molecule has 3 nitrogen and oxygen atoms in total. The fraction of sp³-hybridized carbons (Fsp3) is 0.300. The van der Waals surface area contributed by atoms with Crippen LogP contribution >= 0.6 is 10.0 Å². The predicted octanol–water partition coefficient (Wildman–Crippen LogP) is 3.59. The van der Waals surface area contributed by atoms with Crippen LogP contribution in [0.25, 0.3) is 0 Å². The first-order chi connectivity index (χ1) is 11.3. The number of rotatable bonds is 4. The van der Waals surface area contributed by atoms with Crippen LogP contribution in [0.1, 0.15) is 11.1 Å². The van der Waals surface area contributed by atoms with E-state index in [-0.39, 0.29) is 0 Å². The van der Waals surface area contributed by atoms with E-state index in [4.69, 9.17) is 9.47 Å². The summed E-state index contributed by atoms with van der Waals surface area (Å²) in [7, 11) is 2.06. The Morgan fingerprint density at radius 1 is 0.833 bits per heavy atom. The van der Waals surface area contributed by atoms with Crippen LogP contribution in [0.4, 0.5) is 0 Å². The van der Waals surface area contributed by atoms with Gasteiger partial charge in [-0.15, -0.1) is 0 Å². The molecule has 24 heavy (non-hydrogen) atoms. The van der Waals surface area contributed by atoms with Crippen molar-refractivity contribution in [3.8, 4) is 22.7 Å². The van der Waals surface area contributed by atoms with Gasteiger partial charge in [-0.3, -0.25) is 0 Å². The second-order valence-corrected chi connectivity index (χ2v) is 10.1. The van der Waals surface area contributed by atoms with E-state index in [2.05, 4.69) is 29.9 Å². The Balaban J connectivity index is 2.77. The monoisotopic (exact) mass is 344 g/mol. The van der Waals surface area contributed by atoms with Crippen molar-refractivity contribution in [1.29, 1.82) is 0 Å². The Kier molecular flexibility index (Phi) is 5.48. The van der Waals surface area contributed by atoms with Crippen LogP contribution in [0.3, 0.4) is 0 Å². The highest BCUT2D eigenvalue weighted by atomic mass is 32.3. The largest absolute Gasteiger partial charge is 0.496 e. The third kappa shape index (κ3) is 3.87. The van der Waals surface area contributed by atoms with Crippen molar-refractivity contribution in [2.75, 3.05) is 33.0 Å². The number of hydrogen-bond acceptors (Lipinski definition) is 3. The maximum atomic E-state index is 11.6. The Morgan fingerprint density at radius 2 is 1.25 bits per heavy atom. The SMILES string of the molecule is COc1ccccc1C(O)(C#CS(C)(C)C)c1ccccc1OC. The molecule has 2 aromatic rings. The molecular weight excluding hydrogens is 320 g/mol. The maximum absolute atomic E-state index is 11.6. The number of para-hydroxylation sites is 2. The van der Waals surface area contributed by atoms with Crippen molar-refractivity contribution < 1.29 is 14.6 Å². The van der Waals surface area contributed by atoms with E-state index in [1.165, 1.54) is 0 Å². The number of benzene rings is 2. The summed E-state index contributed by atoms with van der Waals surface area (Å²) < 4.78 is 10.9. The summed E-state index contributed by atoms with van der Waals surface area (Å²) in [4.78, 5) is 0. The zero-order chi connectivity index (χ0) is 17.8. The minimum Gasteiger partial charge on any atom is -0.496 e. The number of aliphatic hydroxyl groups is 1. The molecule has 0 aliphatic heterocycles. The third-order valence-corrected chi connectivity index (χ3v) is 4.25. The zero-order valence-electron chi connectivity index (χ0n) is 14.8. The lowest BCUT2D eigenvalue weighted by atomic mass is 9.86. The molecule has 0 aliphatic rings. The van der Waals surface area contributed by atoms with Crippen LogP contribution in [-0.4, -0.2) is 38.1 Å². The van der Waals surface area contributed by atoms with Gasteiger partial charge in [-0.25, -0.2) is 0 Å². The molecule has 0 atom stereocenters. The number of methoxy groups -OCH3 is 2. The molecule has 2 rings (SSSR count). The molecule has 0 radical (unpaired) electrons. The molecule has 4 heteroatoms. The molecule has 0 fully saturated rings. The van der Waals surface area contributed by atoms with Gasteiger partial charge in [-0.2, -0.15) is 10.0 Å². The molecule has 0 aromatic heterocycles. The van der Waals surface area contributed by atoms with Crippen molar-refractivity contribution in [2.24, 2.45) is 0 Å². The smallest absolute Gasteiger partial charge is 0.184 e. The summed E-state index contributed by atoms with van der Waals surface area (Å²) in [6.45, 7) is 0. The highest BCUT2D eigenvalue weighted by Crippen LogP contribution is 2.41. The van der Waals surface area contributed by atoms with Crippen molar-refractivity contribution >= 4 is 10.0 Å². The highest BCUT2D eigenvalue weighted by molar-refractivity contribution is 8.35. The van der Waals surface area contributed by atoms with Gasteiger partial charge in [-0.1, -0.05) is 41.7 Å². The topological polar surface area (TPSA) is 38.7 Å². The van der Waals surface area contributed by atoms with Crippen LogP contribution in [0.2, 0.25) is 0 Å². The van der Waals surface area contributed by atoms with E-state index in [1.54, 1.807) is 14.2 Å². The van der Waals surface area contributed by atoms with Gasteiger partial charge in [0.1, 0.15) is 11.5 Å². The van der Waals surface area contributed by atoms with Crippen LogP contribution in [0.5, 0.6) is 11.5 Å². The number of ether oxygens (including phenoxy) is 2. The van der Waals surface area contributed by atoms with Crippen molar-refractivity contribution in [3.05, 3.63) is 59.7 Å². The molecule has 0 amide bonds. The van der Waals surface area contributed by atoms with Crippen LogP contribution in [0.15, 0.2) is 48.5 Å². The van der Waals surface area contributed by atoms with Gasteiger partial charge < -0.3 is 14.6 Å². The van der Waals surface area contributed by atoms with E-state index in [0.29, 0.717) is 22.6 Å². The molecule has 0 saturated heterocycles. The van der Waals surface area contributed by atoms with E-state index in [1.807, 2.05) is 48.5 Å². The third-order valence-electron chi connectivity index (χ3n) is 3.53. The summed E-state index contributed by atoms with van der Waals surface area (Å²) >= 11 is 0. The number of hydrogen-bond donors (Lipinski definition) is 1. The molecule has 2 aromatic carbocycles. The predicted molar refractivity (Wildman–Crippen MR) is 102 cm³/mol. The zero-order valence-corrected chi connectivity index (χ0v) is 15.6. The van der Waals surface area contributed by atoms with E-state index >= 15 is 0 Å². The van der Waals surface area contributed by atoms with Gasteiger partial charge in [0.15, 0.2) is 5.60 Å². The highest BCUT2D eigenvalue weighted by Gasteiger charge is 2.35. The van der Waals surface area contributed by atoms with Gasteiger partial charge in [0.25, 0.3) is 0 Å². The first-order valence-electron chi connectivity index (χ1n) is 7.53. The molecule has 0 saturated carbocycles. The standard InChI is InChI=1S/C20H24O3S/c1-22-18-12-8-6-10-16(18)20(21,14-15-24(3,4)5)17-11-7-9-13-19(17)23-2/h6-13,21H,1-5H3. The van der Waals surface area contributed by atoms with Crippen molar-refractivity contribution in [3.63, 3.8) is 0 Å². The van der Waals surface area contributed by atoms with Gasteiger partial charge in [0.05, 0.1) is 14.2 Å². The van der Waals surface area contributed by atoms with Gasteiger partial charge >= 0.3 is 0 Å². The minimum atomic E-state index is -1.51. The van der Waals surface area contributed by atoms with Gasteiger partial charge in [-0.05, 0) is 36.8 Å². The fourth-order valence-electron chi connectivity index (χ4n) is 2.39. The Hall–Kier alpha value is -2.09. The summed E-state index contributed by atoms with van der Waals surface area (Å²) in [6.07, 6.45) is 6.26. The molecular formula is C20H24O3S. The van der Waals surface area contributed by atoms with Gasteiger partial charge in [0.2, 0.25) is 0 Å². The quantitative estimate of drug-likeness (QED) is 0.862. The Bertz CT molecular complexity index is 719. The van der Waals surface area contributed by atoms with Gasteiger partial charge in [0, 0.05) is 11.1 Å². The van der Waals surface area contributed by atoms with E-state index in [9.17, 15) is 5.11 Å². The van der Waals surface area contributed by atoms with Crippen LogP contribution in [0, 0.1) is 11.2 Å². The molecule has 0 unspecified atom stereocenters. The molecule has 128 valence electrons. The summed E-state index contributed by atoms with van der Waals surface area (Å²) in [6, 6.07) is 14.8. The lowest BCUT2D eigenvalue weighted by Gasteiger charge is -2.28. The summed E-state index contributed by atoms with van der Waals surface area (Å²) in [5.41, 5.74) is -0.305. The van der Waals surface area contributed by atoms with Crippen LogP contribution < -0.4 is 9.47 Å². The van der Waals surface area contributed by atoms with E-state index in [0.717, 1.165) is 0 Å².